The number of aromatic hydroxyl groups is 1. The van der Waals surface area contributed by atoms with Crippen molar-refractivity contribution < 1.29 is 14.6 Å². The highest BCUT2D eigenvalue weighted by atomic mass is 16.5. The van der Waals surface area contributed by atoms with Crippen LogP contribution in [-0.2, 0) is 6.42 Å². The van der Waals surface area contributed by atoms with Crippen LogP contribution >= 0.6 is 0 Å². The molecule has 2 rings (SSSR count). The summed E-state index contributed by atoms with van der Waals surface area (Å²) in [7, 11) is 0. The van der Waals surface area contributed by atoms with E-state index < -0.39 is 0 Å². The summed E-state index contributed by atoms with van der Waals surface area (Å²) in [5, 5.41) is 18.3. The minimum absolute atomic E-state index is 0.0841. The van der Waals surface area contributed by atoms with E-state index in [-0.39, 0.29) is 12.2 Å². The third-order valence-electron chi connectivity index (χ3n) is 2.25. The monoisotopic (exact) mass is 205 g/mol. The summed E-state index contributed by atoms with van der Waals surface area (Å²) < 4.78 is 10.9. The fourth-order valence-electron chi connectivity index (χ4n) is 1.53. The van der Waals surface area contributed by atoms with E-state index in [0.29, 0.717) is 30.3 Å². The number of benzene rings is 1. The summed E-state index contributed by atoms with van der Waals surface area (Å²) >= 11 is 0. The second kappa shape index (κ2) is 4.09. The zero-order valence-electron chi connectivity index (χ0n) is 8.19. The first-order valence-corrected chi connectivity index (χ1v) is 4.80. The maximum absolute atomic E-state index is 9.60. The number of ether oxygens (including phenoxy) is 2. The highest BCUT2D eigenvalue weighted by Crippen LogP contribution is 2.38. The van der Waals surface area contributed by atoms with Gasteiger partial charge in [-0.05, 0) is 12.1 Å². The number of hydrogen-bond acceptors (Lipinski definition) is 4. The molecule has 0 saturated heterocycles. The molecule has 78 valence electrons. The number of hydrogen-bond donors (Lipinski definition) is 1. The van der Waals surface area contributed by atoms with Gasteiger partial charge in [0, 0.05) is 6.42 Å². The molecular weight excluding hydrogens is 194 g/mol. The van der Waals surface area contributed by atoms with Gasteiger partial charge in [-0.25, -0.2) is 0 Å². The molecule has 1 N–H and O–H groups in total. The number of nitriles is 1. The average molecular weight is 205 g/mol. The van der Waals surface area contributed by atoms with Crippen LogP contribution in [0, 0.1) is 11.3 Å². The number of fused-ring (bicyclic) bond motifs is 1. The molecule has 0 bridgehead atoms. The van der Waals surface area contributed by atoms with E-state index in [9.17, 15) is 5.11 Å². The van der Waals surface area contributed by atoms with Crippen LogP contribution in [0.5, 0.6) is 17.2 Å². The molecule has 0 radical (unpaired) electrons. The lowest BCUT2D eigenvalue weighted by molar-refractivity contribution is 0.296. The van der Waals surface area contributed by atoms with Crippen molar-refractivity contribution in [3.05, 3.63) is 17.7 Å². The molecule has 0 spiro atoms. The van der Waals surface area contributed by atoms with Crippen molar-refractivity contribution in [2.24, 2.45) is 0 Å². The van der Waals surface area contributed by atoms with Crippen molar-refractivity contribution in [1.29, 1.82) is 5.26 Å². The van der Waals surface area contributed by atoms with E-state index >= 15 is 0 Å². The molecular formula is C11H11NO3. The fraction of sp³-hybridized carbons (Fsp3) is 0.364. The van der Waals surface area contributed by atoms with Gasteiger partial charge < -0.3 is 14.6 Å². The lowest BCUT2D eigenvalue weighted by atomic mass is 10.1. The summed E-state index contributed by atoms with van der Waals surface area (Å²) in [5.74, 6) is 1.20. The van der Waals surface area contributed by atoms with Crippen LogP contribution in [0.15, 0.2) is 12.1 Å². The van der Waals surface area contributed by atoms with Crippen LogP contribution < -0.4 is 9.47 Å². The Morgan fingerprint density at radius 1 is 1.33 bits per heavy atom. The van der Waals surface area contributed by atoms with Gasteiger partial charge in [0.05, 0.1) is 31.3 Å². The first-order valence-electron chi connectivity index (χ1n) is 4.80. The summed E-state index contributed by atoms with van der Waals surface area (Å²) in [4.78, 5) is 0. The minimum atomic E-state index is 0.0841. The molecule has 4 nitrogen and oxygen atoms in total. The SMILES string of the molecule is N#CCc1c(O)ccc2c1OCCCO2. The zero-order chi connectivity index (χ0) is 10.7. The van der Waals surface area contributed by atoms with E-state index in [0.717, 1.165) is 6.42 Å². The van der Waals surface area contributed by atoms with Gasteiger partial charge in [-0.3, -0.25) is 0 Å². The van der Waals surface area contributed by atoms with Crippen LogP contribution in [0.25, 0.3) is 0 Å². The van der Waals surface area contributed by atoms with Crippen LogP contribution in [0.2, 0.25) is 0 Å². The molecule has 0 unspecified atom stereocenters. The van der Waals surface area contributed by atoms with Crippen molar-refractivity contribution in [3.63, 3.8) is 0 Å². The first-order chi connectivity index (χ1) is 7.33. The Labute approximate surface area is 87.7 Å². The van der Waals surface area contributed by atoms with Crippen LogP contribution in [0.1, 0.15) is 12.0 Å². The normalized spacial score (nSPS) is 14.1. The number of nitrogens with zero attached hydrogens (tertiary/aromatic N) is 1. The Morgan fingerprint density at radius 3 is 2.93 bits per heavy atom. The van der Waals surface area contributed by atoms with Crippen LogP contribution in [0.3, 0.4) is 0 Å². The average Bonchev–Trinajstić information content (AvgIpc) is 2.47. The Bertz CT molecular complexity index is 409. The van der Waals surface area contributed by atoms with Gasteiger partial charge in [0.2, 0.25) is 0 Å². The van der Waals surface area contributed by atoms with Crippen molar-refractivity contribution in [3.8, 4) is 23.3 Å². The van der Waals surface area contributed by atoms with Gasteiger partial charge >= 0.3 is 0 Å². The molecule has 0 fully saturated rings. The standard InChI is InChI=1S/C11H11NO3/c12-5-4-8-9(13)2-3-10-11(8)15-7-1-6-14-10/h2-3,13H,1,4,6-7H2. The number of phenolic OH excluding ortho intramolecular Hbond substituents is 1. The van der Waals surface area contributed by atoms with Crippen molar-refractivity contribution in [2.75, 3.05) is 13.2 Å². The Hall–Kier alpha value is -1.89. The number of rotatable bonds is 1. The molecule has 1 aromatic rings. The van der Waals surface area contributed by atoms with Gasteiger partial charge in [0.15, 0.2) is 11.5 Å². The Kier molecular flexibility index (Phi) is 2.64. The summed E-state index contributed by atoms with van der Waals surface area (Å²) in [5.41, 5.74) is 0.511. The maximum Gasteiger partial charge on any atom is 0.169 e. The van der Waals surface area contributed by atoms with Gasteiger partial charge in [-0.15, -0.1) is 0 Å². The molecule has 0 aromatic heterocycles. The maximum atomic E-state index is 9.60. The van der Waals surface area contributed by atoms with Gasteiger partial charge in [-0.2, -0.15) is 5.26 Å². The molecule has 0 atom stereocenters. The smallest absolute Gasteiger partial charge is 0.169 e. The summed E-state index contributed by atoms with van der Waals surface area (Å²) in [6.45, 7) is 1.15. The van der Waals surface area contributed by atoms with Gasteiger partial charge in [0.25, 0.3) is 0 Å². The second-order valence-electron chi connectivity index (χ2n) is 3.28. The van der Waals surface area contributed by atoms with Gasteiger partial charge in [-0.1, -0.05) is 0 Å². The fourth-order valence-corrected chi connectivity index (χ4v) is 1.53. The largest absolute Gasteiger partial charge is 0.507 e. The molecule has 0 aliphatic carbocycles. The predicted octanol–water partition coefficient (Wildman–Crippen LogP) is 1.62. The molecule has 0 saturated carbocycles. The Balaban J connectivity index is 2.47. The molecule has 1 heterocycles. The lowest BCUT2D eigenvalue weighted by Crippen LogP contribution is -1.98. The minimum Gasteiger partial charge on any atom is -0.507 e. The lowest BCUT2D eigenvalue weighted by Gasteiger charge is -2.11. The summed E-state index contributed by atoms with van der Waals surface area (Å²) in [6, 6.07) is 5.19. The van der Waals surface area contributed by atoms with Crippen LogP contribution in [0.4, 0.5) is 0 Å². The highest BCUT2D eigenvalue weighted by Gasteiger charge is 2.17. The van der Waals surface area contributed by atoms with Crippen molar-refractivity contribution in [1.82, 2.24) is 0 Å². The van der Waals surface area contributed by atoms with E-state index in [1.165, 1.54) is 6.07 Å². The van der Waals surface area contributed by atoms with Crippen molar-refractivity contribution >= 4 is 0 Å². The summed E-state index contributed by atoms with van der Waals surface area (Å²) in [6.07, 6.45) is 0.930. The second-order valence-corrected chi connectivity index (χ2v) is 3.28. The Morgan fingerprint density at radius 2 is 2.13 bits per heavy atom. The molecule has 15 heavy (non-hydrogen) atoms. The topological polar surface area (TPSA) is 62.5 Å². The van der Waals surface area contributed by atoms with E-state index in [2.05, 4.69) is 0 Å². The quantitative estimate of drug-likeness (QED) is 0.756. The highest BCUT2D eigenvalue weighted by molar-refractivity contribution is 5.54. The number of phenols is 1. The third-order valence-corrected chi connectivity index (χ3v) is 2.25. The van der Waals surface area contributed by atoms with E-state index in [4.69, 9.17) is 14.7 Å². The zero-order valence-corrected chi connectivity index (χ0v) is 8.19. The molecule has 1 aromatic carbocycles. The van der Waals surface area contributed by atoms with E-state index in [1.807, 2.05) is 6.07 Å². The third kappa shape index (κ3) is 1.82. The molecule has 0 amide bonds. The molecule has 1 aliphatic rings. The van der Waals surface area contributed by atoms with Crippen LogP contribution in [-0.4, -0.2) is 18.3 Å². The van der Waals surface area contributed by atoms with E-state index in [1.54, 1.807) is 6.07 Å². The predicted molar refractivity (Wildman–Crippen MR) is 53.0 cm³/mol. The van der Waals surface area contributed by atoms with Gasteiger partial charge in [0.1, 0.15) is 5.75 Å². The van der Waals surface area contributed by atoms with Crippen molar-refractivity contribution in [2.45, 2.75) is 12.8 Å². The molecule has 4 heteroatoms. The molecule has 1 aliphatic heterocycles. The first kappa shape index (κ1) is 9.66.